The van der Waals surface area contributed by atoms with Crippen LogP contribution in [0.25, 0.3) is 0 Å². The Bertz CT molecular complexity index is 1330. The van der Waals surface area contributed by atoms with E-state index in [1.54, 1.807) is 17.0 Å². The van der Waals surface area contributed by atoms with Gasteiger partial charge in [-0.1, -0.05) is 31.5 Å². The third-order valence-corrected chi connectivity index (χ3v) is 8.90. The molecule has 0 unspecified atom stereocenters. The minimum Gasteiger partial charge on any atom is -0.481 e. The van der Waals surface area contributed by atoms with E-state index in [1.807, 2.05) is 34.1 Å². The van der Waals surface area contributed by atoms with E-state index in [2.05, 4.69) is 6.92 Å². The van der Waals surface area contributed by atoms with Crippen molar-refractivity contribution in [3.63, 3.8) is 0 Å². The van der Waals surface area contributed by atoms with Gasteiger partial charge in [-0.2, -0.15) is 0 Å². The average molecular weight is 595 g/mol. The molecule has 5 rings (SSSR count). The zero-order valence-electron chi connectivity index (χ0n) is 24.7. The summed E-state index contributed by atoms with van der Waals surface area (Å²) in [5.74, 6) is -1.43. The Balaban J connectivity index is 1.42. The molecule has 0 radical (unpaired) electrons. The van der Waals surface area contributed by atoms with E-state index >= 15 is 0 Å². The SMILES string of the molecule is CCCCN(CCCN)C(=O)CN1C[C@H](c2cc(CO)c3c(c2)OCO3)[C@@H](C(=O)O)[C@@H]1CCN1Cc2ccccc2C1=O. The van der Waals surface area contributed by atoms with Crippen molar-refractivity contribution in [2.24, 2.45) is 11.7 Å². The minimum atomic E-state index is -0.963. The summed E-state index contributed by atoms with van der Waals surface area (Å²) >= 11 is 0. The molecule has 43 heavy (non-hydrogen) atoms. The zero-order valence-corrected chi connectivity index (χ0v) is 24.7. The second-order valence-corrected chi connectivity index (χ2v) is 11.6. The summed E-state index contributed by atoms with van der Waals surface area (Å²) in [5.41, 5.74) is 8.64. The molecule has 3 aliphatic rings. The summed E-state index contributed by atoms with van der Waals surface area (Å²) in [6.45, 7) is 4.76. The molecule has 0 saturated carbocycles. The highest BCUT2D eigenvalue weighted by Gasteiger charge is 2.48. The maximum atomic E-state index is 13.7. The van der Waals surface area contributed by atoms with Crippen molar-refractivity contribution >= 4 is 17.8 Å². The van der Waals surface area contributed by atoms with Crippen LogP contribution in [0.1, 0.15) is 65.6 Å². The molecule has 3 atom stereocenters. The van der Waals surface area contributed by atoms with E-state index in [-0.39, 0.29) is 31.8 Å². The van der Waals surface area contributed by atoms with E-state index in [4.69, 9.17) is 15.2 Å². The Labute approximate surface area is 252 Å². The topological polar surface area (TPSA) is 146 Å². The standard InChI is InChI=1S/C32H42N4O7/c1-2-3-11-34(12-6-10-33)28(38)18-36-17-25(22-14-23(19-37)30-27(15-22)42-20-43-30)29(32(40)41)26(36)9-13-35-16-21-7-4-5-8-24(21)31(35)39/h4-5,7-8,14-15,25-26,29,37H,2-3,6,9-13,16-20,33H2,1H3,(H,40,41)/t25-,26+,29-/m1/s1. The van der Waals surface area contributed by atoms with Gasteiger partial charge < -0.3 is 35.2 Å². The highest BCUT2D eigenvalue weighted by atomic mass is 16.7. The van der Waals surface area contributed by atoms with Crippen molar-refractivity contribution in [3.8, 4) is 11.5 Å². The number of nitrogens with two attached hydrogens (primary N) is 1. The van der Waals surface area contributed by atoms with Gasteiger partial charge >= 0.3 is 5.97 Å². The number of fused-ring (bicyclic) bond motifs is 2. The van der Waals surface area contributed by atoms with E-state index in [1.165, 1.54) is 0 Å². The molecule has 1 saturated heterocycles. The molecular formula is C32H42N4O7. The summed E-state index contributed by atoms with van der Waals surface area (Å²) in [6.07, 6.45) is 2.91. The molecule has 0 spiro atoms. The summed E-state index contributed by atoms with van der Waals surface area (Å²) in [5, 5.41) is 20.6. The number of hydrogen-bond donors (Lipinski definition) is 3. The second kappa shape index (κ2) is 13.7. The van der Waals surface area contributed by atoms with Crippen molar-refractivity contribution in [2.75, 3.05) is 46.1 Å². The Hall–Kier alpha value is -3.67. The average Bonchev–Trinajstić information content (AvgIpc) is 3.71. The van der Waals surface area contributed by atoms with Crippen molar-refractivity contribution in [3.05, 3.63) is 58.7 Å². The number of benzene rings is 2. The molecule has 2 aromatic carbocycles. The number of rotatable bonds is 14. The molecule has 3 heterocycles. The Morgan fingerprint density at radius 1 is 1.14 bits per heavy atom. The number of hydrogen-bond acceptors (Lipinski definition) is 8. The Morgan fingerprint density at radius 2 is 1.93 bits per heavy atom. The van der Waals surface area contributed by atoms with E-state index in [9.17, 15) is 24.6 Å². The van der Waals surface area contributed by atoms with Crippen LogP contribution >= 0.6 is 0 Å². The predicted octanol–water partition coefficient (Wildman–Crippen LogP) is 2.40. The maximum Gasteiger partial charge on any atom is 0.308 e. The molecule has 0 aliphatic carbocycles. The molecule has 11 nitrogen and oxygen atoms in total. The van der Waals surface area contributed by atoms with Gasteiger partial charge in [0.2, 0.25) is 12.7 Å². The molecule has 0 aromatic heterocycles. The lowest BCUT2D eigenvalue weighted by Gasteiger charge is -2.30. The summed E-state index contributed by atoms with van der Waals surface area (Å²) in [7, 11) is 0. The van der Waals surface area contributed by atoms with Gasteiger partial charge in [-0.25, -0.2) is 0 Å². The van der Waals surface area contributed by atoms with E-state index < -0.39 is 23.8 Å². The van der Waals surface area contributed by atoms with Gasteiger partial charge in [0.1, 0.15) is 0 Å². The number of ether oxygens (including phenoxy) is 2. The van der Waals surface area contributed by atoms with Crippen LogP contribution in [0, 0.1) is 5.92 Å². The fraction of sp³-hybridized carbons (Fsp3) is 0.531. The van der Waals surface area contributed by atoms with Crippen LogP contribution in [0.4, 0.5) is 0 Å². The van der Waals surface area contributed by atoms with Gasteiger partial charge in [0.15, 0.2) is 11.5 Å². The maximum absolute atomic E-state index is 13.7. The highest BCUT2D eigenvalue weighted by Crippen LogP contribution is 2.44. The van der Waals surface area contributed by atoms with Crippen LogP contribution in [-0.2, 0) is 22.7 Å². The van der Waals surface area contributed by atoms with Crippen LogP contribution in [0.15, 0.2) is 36.4 Å². The normalized spacial score (nSPS) is 21.0. The van der Waals surface area contributed by atoms with Gasteiger partial charge in [0, 0.05) is 55.8 Å². The number of carboxylic acids is 1. The number of carboxylic acid groups (broad SMARTS) is 1. The van der Waals surface area contributed by atoms with Crippen LogP contribution < -0.4 is 15.2 Å². The van der Waals surface area contributed by atoms with E-state index in [0.717, 1.165) is 24.0 Å². The third-order valence-electron chi connectivity index (χ3n) is 8.90. The lowest BCUT2D eigenvalue weighted by Crippen LogP contribution is -2.46. The largest absolute Gasteiger partial charge is 0.481 e. The molecule has 3 aliphatic heterocycles. The molecule has 11 heteroatoms. The number of likely N-dealkylation sites (tertiary alicyclic amines) is 1. The van der Waals surface area contributed by atoms with Crippen molar-refractivity contribution in [1.29, 1.82) is 0 Å². The molecular weight excluding hydrogens is 552 g/mol. The molecule has 1 fully saturated rings. The number of aliphatic carboxylic acids is 1. The molecule has 232 valence electrons. The van der Waals surface area contributed by atoms with Crippen molar-refractivity contribution in [1.82, 2.24) is 14.7 Å². The Morgan fingerprint density at radius 3 is 2.65 bits per heavy atom. The number of carbonyl (C=O) groups excluding carboxylic acids is 2. The fourth-order valence-electron chi connectivity index (χ4n) is 6.68. The zero-order chi connectivity index (χ0) is 30.5. The first-order valence-corrected chi connectivity index (χ1v) is 15.2. The Kier molecular flexibility index (Phi) is 9.84. The number of carbonyl (C=O) groups is 3. The highest BCUT2D eigenvalue weighted by molar-refractivity contribution is 5.98. The molecule has 4 N–H and O–H groups in total. The van der Waals surface area contributed by atoms with Crippen molar-refractivity contribution < 1.29 is 34.1 Å². The van der Waals surface area contributed by atoms with Crippen molar-refractivity contribution in [2.45, 2.75) is 57.7 Å². The fourth-order valence-corrected chi connectivity index (χ4v) is 6.68. The van der Waals surface area contributed by atoms with Crippen LogP contribution in [-0.4, -0.2) is 94.8 Å². The van der Waals surface area contributed by atoms with E-state index in [0.29, 0.717) is 74.7 Å². The predicted molar refractivity (Wildman–Crippen MR) is 159 cm³/mol. The minimum absolute atomic E-state index is 0.0325. The lowest BCUT2D eigenvalue weighted by molar-refractivity contribution is -0.144. The van der Waals surface area contributed by atoms with Gasteiger partial charge in [-0.3, -0.25) is 19.3 Å². The number of amides is 2. The number of aliphatic hydroxyl groups excluding tert-OH is 1. The monoisotopic (exact) mass is 594 g/mol. The lowest BCUT2D eigenvalue weighted by atomic mass is 9.83. The number of aliphatic hydroxyl groups is 1. The summed E-state index contributed by atoms with van der Waals surface area (Å²) in [4.78, 5) is 45.3. The molecule has 2 aromatic rings. The van der Waals surface area contributed by atoms with Crippen LogP contribution in [0.5, 0.6) is 11.5 Å². The van der Waals surface area contributed by atoms with Gasteiger partial charge in [-0.05, 0) is 55.1 Å². The number of unbranched alkanes of at least 4 members (excludes halogenated alkanes) is 1. The second-order valence-electron chi connectivity index (χ2n) is 11.6. The smallest absolute Gasteiger partial charge is 0.308 e. The van der Waals surface area contributed by atoms with Gasteiger partial charge in [-0.15, -0.1) is 0 Å². The first-order valence-electron chi connectivity index (χ1n) is 15.2. The number of nitrogens with zero attached hydrogens (tertiary/aromatic N) is 3. The van der Waals surface area contributed by atoms with Crippen LogP contribution in [0.3, 0.4) is 0 Å². The quantitative estimate of drug-likeness (QED) is 0.300. The van der Waals surface area contributed by atoms with Gasteiger partial charge in [0.25, 0.3) is 5.91 Å². The first-order chi connectivity index (χ1) is 20.9. The van der Waals surface area contributed by atoms with Crippen LogP contribution in [0.2, 0.25) is 0 Å². The summed E-state index contributed by atoms with van der Waals surface area (Å²) < 4.78 is 11.1. The van der Waals surface area contributed by atoms with Gasteiger partial charge in [0.05, 0.1) is 19.1 Å². The molecule has 2 amide bonds. The summed E-state index contributed by atoms with van der Waals surface area (Å²) in [6, 6.07) is 10.6. The first kappa shape index (κ1) is 30.8. The molecule has 0 bridgehead atoms. The third kappa shape index (κ3) is 6.48.